The monoisotopic (exact) mass is 372 g/mol. The molecule has 0 saturated heterocycles. The highest BCUT2D eigenvalue weighted by molar-refractivity contribution is 5.78. The van der Waals surface area contributed by atoms with Crippen LogP contribution in [-0.2, 0) is 28.5 Å². The van der Waals surface area contributed by atoms with Gasteiger partial charge in [-0.2, -0.15) is 13.2 Å². The molecule has 0 aromatic rings. The maximum Gasteiger partial charge on any atom is 0.490 e. The van der Waals surface area contributed by atoms with Gasteiger partial charge < -0.3 is 18.9 Å². The van der Waals surface area contributed by atoms with E-state index in [-0.39, 0.29) is 25.4 Å². The van der Waals surface area contributed by atoms with Crippen LogP contribution in [0.25, 0.3) is 0 Å². The Morgan fingerprint density at radius 2 is 1.40 bits per heavy atom. The van der Waals surface area contributed by atoms with Crippen LogP contribution in [0.5, 0.6) is 0 Å². The molecule has 0 aromatic carbocycles. The molecule has 0 spiro atoms. The number of hydrogen-bond acceptors (Lipinski definition) is 6. The van der Waals surface area contributed by atoms with Crippen molar-refractivity contribution in [2.45, 2.75) is 65.5 Å². The highest BCUT2D eigenvalue weighted by Gasteiger charge is 2.41. The Kier molecular flexibility index (Phi) is 9.42. The van der Waals surface area contributed by atoms with Crippen LogP contribution in [0.4, 0.5) is 13.2 Å². The van der Waals surface area contributed by atoms with Crippen molar-refractivity contribution in [3.8, 4) is 0 Å². The van der Waals surface area contributed by atoms with E-state index in [4.69, 9.17) is 14.2 Å². The lowest BCUT2D eigenvalue weighted by atomic mass is 10.1. The first-order valence-electron chi connectivity index (χ1n) is 7.96. The Bertz CT molecular complexity index is 434. The maximum absolute atomic E-state index is 12.0. The molecule has 0 amide bonds. The second kappa shape index (κ2) is 9.96. The molecule has 9 heteroatoms. The smallest absolute Gasteiger partial charge is 0.461 e. The second-order valence-electron chi connectivity index (χ2n) is 6.62. The van der Waals surface area contributed by atoms with Crippen LogP contribution < -0.4 is 0 Å². The number of alkyl halides is 3. The van der Waals surface area contributed by atoms with E-state index in [2.05, 4.69) is 4.74 Å². The summed E-state index contributed by atoms with van der Waals surface area (Å²) in [7, 11) is 0. The van der Waals surface area contributed by atoms with E-state index in [0.29, 0.717) is 0 Å². The van der Waals surface area contributed by atoms with E-state index >= 15 is 0 Å². The van der Waals surface area contributed by atoms with Crippen LogP contribution in [0.15, 0.2) is 0 Å². The molecule has 6 nitrogen and oxygen atoms in total. The number of halogens is 3. The van der Waals surface area contributed by atoms with Gasteiger partial charge in [0.2, 0.25) is 0 Å². The number of carbonyl (C=O) groups excluding carboxylic acids is 2. The predicted molar refractivity (Wildman–Crippen MR) is 82.9 cm³/mol. The van der Waals surface area contributed by atoms with Gasteiger partial charge in [-0.1, -0.05) is 6.92 Å². The molecule has 0 radical (unpaired) electrons. The zero-order valence-electron chi connectivity index (χ0n) is 15.4. The molecule has 0 aliphatic heterocycles. The normalized spacial score (nSPS) is 15.0. The van der Waals surface area contributed by atoms with Gasteiger partial charge in [0.25, 0.3) is 0 Å². The van der Waals surface area contributed by atoms with Gasteiger partial charge in [0, 0.05) is 5.92 Å². The largest absolute Gasteiger partial charge is 0.490 e. The highest BCUT2D eigenvalue weighted by Crippen LogP contribution is 2.18. The minimum Gasteiger partial charge on any atom is -0.461 e. The van der Waals surface area contributed by atoms with Gasteiger partial charge in [0.05, 0.1) is 25.4 Å². The minimum atomic E-state index is -5.03. The van der Waals surface area contributed by atoms with Crippen molar-refractivity contribution in [2.75, 3.05) is 19.8 Å². The highest BCUT2D eigenvalue weighted by atomic mass is 19.4. The molecular formula is C16H27F3O6. The zero-order valence-corrected chi connectivity index (χ0v) is 15.4. The Morgan fingerprint density at radius 3 is 1.88 bits per heavy atom. The summed E-state index contributed by atoms with van der Waals surface area (Å²) in [6.07, 6.45) is -5.31. The number of hydrogen-bond donors (Lipinski definition) is 0. The molecule has 0 saturated carbocycles. The third kappa shape index (κ3) is 10.3. The summed E-state index contributed by atoms with van der Waals surface area (Å²) in [5, 5.41) is 0. The number of ether oxygens (including phenoxy) is 4. The molecule has 0 bridgehead atoms. The van der Waals surface area contributed by atoms with Gasteiger partial charge in [-0.05, 0) is 34.6 Å². The summed E-state index contributed by atoms with van der Waals surface area (Å²) >= 11 is 0. The third-order valence-electron chi connectivity index (χ3n) is 2.90. The molecule has 25 heavy (non-hydrogen) atoms. The Labute approximate surface area is 145 Å². The summed E-state index contributed by atoms with van der Waals surface area (Å²) in [6.45, 7) is 9.49. The van der Waals surface area contributed by atoms with E-state index in [1.807, 2.05) is 13.8 Å². The van der Waals surface area contributed by atoms with Crippen molar-refractivity contribution in [2.24, 2.45) is 5.92 Å². The maximum atomic E-state index is 12.0. The Morgan fingerprint density at radius 1 is 0.880 bits per heavy atom. The average Bonchev–Trinajstić information content (AvgIpc) is 2.46. The summed E-state index contributed by atoms with van der Waals surface area (Å²) in [5.74, 6) is -3.40. The number of rotatable bonds is 10. The molecule has 148 valence electrons. The third-order valence-corrected chi connectivity index (χ3v) is 2.90. The Hall–Kier alpha value is -1.35. The molecule has 0 aliphatic carbocycles. The fourth-order valence-corrected chi connectivity index (χ4v) is 1.63. The molecule has 0 N–H and O–H groups in total. The molecule has 0 aromatic heterocycles. The van der Waals surface area contributed by atoms with E-state index in [9.17, 15) is 22.8 Å². The molecule has 0 rings (SSSR count). The average molecular weight is 372 g/mol. The number of carbonyl (C=O) groups is 2. The summed E-state index contributed by atoms with van der Waals surface area (Å²) in [6, 6.07) is 0. The van der Waals surface area contributed by atoms with Crippen LogP contribution in [0.2, 0.25) is 0 Å². The van der Waals surface area contributed by atoms with Crippen LogP contribution in [-0.4, -0.2) is 55.7 Å². The SMILES string of the molecule is CC(COC(=O)C(F)(F)F)COC(C)(C)C(=O)OCC(C)OC(C)C. The molecule has 0 aliphatic rings. The molecule has 0 fully saturated rings. The standard InChI is InChI=1S/C16H27F3O6/c1-10(2)25-12(4)9-23-13(20)15(5,6)24-8-11(3)7-22-14(21)16(17,18)19/h10-12H,7-9H2,1-6H3. The predicted octanol–water partition coefficient (Wildman–Crippen LogP) is 2.88. The van der Waals surface area contributed by atoms with Gasteiger partial charge in [-0.3, -0.25) is 0 Å². The van der Waals surface area contributed by atoms with Gasteiger partial charge in [-0.15, -0.1) is 0 Å². The van der Waals surface area contributed by atoms with Gasteiger partial charge >= 0.3 is 18.1 Å². The van der Waals surface area contributed by atoms with Crippen LogP contribution in [0, 0.1) is 5.92 Å². The topological polar surface area (TPSA) is 71.1 Å². The lowest BCUT2D eigenvalue weighted by molar-refractivity contribution is -0.201. The fraction of sp³-hybridized carbons (Fsp3) is 0.875. The summed E-state index contributed by atoms with van der Waals surface area (Å²) < 4.78 is 56.2. The summed E-state index contributed by atoms with van der Waals surface area (Å²) in [5.41, 5.74) is -1.29. The molecule has 0 heterocycles. The number of esters is 2. The lowest BCUT2D eigenvalue weighted by Gasteiger charge is -2.26. The van der Waals surface area contributed by atoms with Crippen LogP contribution in [0.3, 0.4) is 0 Å². The van der Waals surface area contributed by atoms with E-state index in [1.165, 1.54) is 20.8 Å². The Balaban J connectivity index is 4.24. The van der Waals surface area contributed by atoms with E-state index < -0.39 is 36.2 Å². The van der Waals surface area contributed by atoms with Gasteiger partial charge in [0.15, 0.2) is 5.60 Å². The van der Waals surface area contributed by atoms with Crippen LogP contribution >= 0.6 is 0 Å². The van der Waals surface area contributed by atoms with Crippen molar-refractivity contribution in [1.29, 1.82) is 0 Å². The quantitative estimate of drug-likeness (QED) is 0.549. The molecule has 2 unspecified atom stereocenters. The van der Waals surface area contributed by atoms with E-state index in [1.54, 1.807) is 6.92 Å². The van der Waals surface area contributed by atoms with Crippen molar-refractivity contribution in [1.82, 2.24) is 0 Å². The molecular weight excluding hydrogens is 345 g/mol. The first-order valence-corrected chi connectivity index (χ1v) is 7.96. The van der Waals surface area contributed by atoms with Gasteiger partial charge in [-0.25, -0.2) is 9.59 Å². The molecule has 2 atom stereocenters. The van der Waals surface area contributed by atoms with E-state index in [0.717, 1.165) is 0 Å². The van der Waals surface area contributed by atoms with Gasteiger partial charge in [0.1, 0.15) is 6.61 Å². The zero-order chi connectivity index (χ0) is 19.8. The first kappa shape index (κ1) is 23.6. The second-order valence-corrected chi connectivity index (χ2v) is 6.62. The van der Waals surface area contributed by atoms with Crippen molar-refractivity contribution < 1.29 is 41.7 Å². The fourth-order valence-electron chi connectivity index (χ4n) is 1.63. The van der Waals surface area contributed by atoms with Crippen molar-refractivity contribution >= 4 is 11.9 Å². The first-order chi connectivity index (χ1) is 11.3. The minimum absolute atomic E-state index is 0.00165. The van der Waals surface area contributed by atoms with Crippen LogP contribution in [0.1, 0.15) is 41.5 Å². The van der Waals surface area contributed by atoms with Crippen molar-refractivity contribution in [3.63, 3.8) is 0 Å². The summed E-state index contributed by atoms with van der Waals surface area (Å²) in [4.78, 5) is 22.7. The lowest BCUT2D eigenvalue weighted by Crippen LogP contribution is -2.40. The van der Waals surface area contributed by atoms with Crippen molar-refractivity contribution in [3.05, 3.63) is 0 Å².